The van der Waals surface area contributed by atoms with Crippen molar-refractivity contribution >= 4 is 34.0 Å². The molecule has 1 aromatic carbocycles. The molecule has 0 amide bonds. The average Bonchev–Trinajstić information content (AvgIpc) is 3.10. The fraction of sp³-hybridized carbons (Fsp3) is 0.421. The Kier molecular flexibility index (Phi) is 6.82. The first kappa shape index (κ1) is 19.1. The number of benzene rings is 1. The lowest BCUT2D eigenvalue weighted by Gasteiger charge is -2.12. The Labute approximate surface area is 161 Å². The molecule has 0 unspecified atom stereocenters. The van der Waals surface area contributed by atoms with Crippen molar-refractivity contribution in [2.24, 2.45) is 0 Å². The summed E-state index contributed by atoms with van der Waals surface area (Å²) in [6.07, 6.45) is 2.90. The highest BCUT2D eigenvalue weighted by Gasteiger charge is 2.12. The second-order valence-electron chi connectivity index (χ2n) is 5.99. The topological polar surface area (TPSA) is 57.0 Å². The number of fused-ring (bicyclic) bond motifs is 1. The van der Waals surface area contributed by atoms with Crippen molar-refractivity contribution in [1.82, 2.24) is 14.5 Å². The number of para-hydroxylation sites is 1. The maximum absolute atomic E-state index is 12.9. The minimum Gasteiger partial charge on any atom is -0.385 e. The summed E-state index contributed by atoms with van der Waals surface area (Å²) in [6.45, 7) is 3.38. The second-order valence-corrected chi connectivity index (χ2v) is 7.87. The van der Waals surface area contributed by atoms with Crippen LogP contribution in [-0.2, 0) is 23.5 Å². The molecule has 26 heavy (non-hydrogen) atoms. The van der Waals surface area contributed by atoms with E-state index >= 15 is 0 Å². The van der Waals surface area contributed by atoms with Crippen molar-refractivity contribution in [2.45, 2.75) is 43.6 Å². The van der Waals surface area contributed by atoms with Crippen molar-refractivity contribution < 1.29 is 4.74 Å². The zero-order valence-electron chi connectivity index (χ0n) is 15.1. The third kappa shape index (κ3) is 4.52. The van der Waals surface area contributed by atoms with Gasteiger partial charge in [-0.25, -0.2) is 9.97 Å². The van der Waals surface area contributed by atoms with E-state index < -0.39 is 0 Å². The molecule has 0 aliphatic rings. The lowest BCUT2D eigenvalue weighted by molar-refractivity contribution is 0.189. The molecule has 0 fully saturated rings. The number of hydrogen-bond donors (Lipinski definition) is 0. The number of aromatic nitrogens is 3. The van der Waals surface area contributed by atoms with Crippen LogP contribution in [0.3, 0.4) is 0 Å². The van der Waals surface area contributed by atoms with E-state index in [1.165, 1.54) is 5.01 Å². The Morgan fingerprint density at radius 2 is 2.12 bits per heavy atom. The minimum absolute atomic E-state index is 0.0131. The molecule has 7 heteroatoms. The molecular weight excluding hydrogens is 366 g/mol. The minimum atomic E-state index is 0.0131. The summed E-state index contributed by atoms with van der Waals surface area (Å²) < 4.78 is 6.90. The van der Waals surface area contributed by atoms with Crippen molar-refractivity contribution in [2.75, 3.05) is 13.7 Å². The molecule has 0 spiro atoms. The maximum Gasteiger partial charge on any atom is 0.262 e. The molecule has 138 valence electrons. The predicted octanol–water partition coefficient (Wildman–Crippen LogP) is 4.13. The first-order chi connectivity index (χ1) is 12.7. The third-order valence-corrected chi connectivity index (χ3v) is 5.94. The van der Waals surface area contributed by atoms with Crippen molar-refractivity contribution in [3.63, 3.8) is 0 Å². The van der Waals surface area contributed by atoms with Gasteiger partial charge in [-0.2, -0.15) is 0 Å². The first-order valence-corrected chi connectivity index (χ1v) is 10.6. The van der Waals surface area contributed by atoms with Gasteiger partial charge in [-0.15, -0.1) is 11.3 Å². The highest BCUT2D eigenvalue weighted by molar-refractivity contribution is 7.98. The van der Waals surface area contributed by atoms with Crippen LogP contribution in [-0.4, -0.2) is 28.3 Å². The zero-order valence-corrected chi connectivity index (χ0v) is 16.7. The molecular formula is C19H23N3O2S2. The predicted molar refractivity (Wildman–Crippen MR) is 108 cm³/mol. The fourth-order valence-corrected chi connectivity index (χ4v) is 4.63. The monoisotopic (exact) mass is 389 g/mol. The van der Waals surface area contributed by atoms with Gasteiger partial charge < -0.3 is 4.74 Å². The maximum atomic E-state index is 12.9. The lowest BCUT2D eigenvalue weighted by Crippen LogP contribution is -2.24. The molecule has 0 aliphatic carbocycles. The van der Waals surface area contributed by atoms with Gasteiger partial charge in [-0.1, -0.05) is 30.8 Å². The second kappa shape index (κ2) is 9.30. The van der Waals surface area contributed by atoms with Gasteiger partial charge in [0, 0.05) is 31.4 Å². The number of thioether (sulfide) groups is 1. The smallest absolute Gasteiger partial charge is 0.262 e. The molecule has 0 bridgehead atoms. The Bertz CT molecular complexity index is 921. The van der Waals surface area contributed by atoms with Gasteiger partial charge in [0.2, 0.25) is 0 Å². The van der Waals surface area contributed by atoms with E-state index in [4.69, 9.17) is 9.72 Å². The SMILES string of the molecule is CCCc1nc(CSc2nc3ccccc3c(=O)n2CCCOC)cs1. The van der Waals surface area contributed by atoms with Gasteiger partial charge in [0.05, 0.1) is 21.6 Å². The molecule has 0 saturated carbocycles. The van der Waals surface area contributed by atoms with Crippen LogP contribution in [0, 0.1) is 0 Å². The van der Waals surface area contributed by atoms with Crippen LogP contribution in [0.4, 0.5) is 0 Å². The van der Waals surface area contributed by atoms with Gasteiger partial charge >= 0.3 is 0 Å². The van der Waals surface area contributed by atoms with E-state index in [2.05, 4.69) is 17.3 Å². The van der Waals surface area contributed by atoms with Gasteiger partial charge in [-0.05, 0) is 31.4 Å². The van der Waals surface area contributed by atoms with E-state index in [-0.39, 0.29) is 5.56 Å². The summed E-state index contributed by atoms with van der Waals surface area (Å²) in [4.78, 5) is 22.3. The zero-order chi connectivity index (χ0) is 18.4. The van der Waals surface area contributed by atoms with Crippen molar-refractivity contribution in [3.8, 4) is 0 Å². The summed E-state index contributed by atoms with van der Waals surface area (Å²) in [7, 11) is 1.67. The van der Waals surface area contributed by atoms with E-state index in [0.717, 1.165) is 41.4 Å². The van der Waals surface area contributed by atoms with E-state index in [1.807, 2.05) is 24.3 Å². The van der Waals surface area contributed by atoms with Gasteiger partial charge in [0.15, 0.2) is 5.16 Å². The third-order valence-electron chi connectivity index (χ3n) is 3.97. The van der Waals surface area contributed by atoms with Gasteiger partial charge in [0.1, 0.15) is 0 Å². The number of methoxy groups -OCH3 is 1. The summed E-state index contributed by atoms with van der Waals surface area (Å²) >= 11 is 3.28. The standard InChI is InChI=1S/C19H23N3O2S2/c1-3-7-17-20-14(12-25-17)13-26-19-21-16-9-5-4-8-15(16)18(23)22(19)10-6-11-24-2/h4-5,8-9,12H,3,6-7,10-11,13H2,1-2H3. The molecule has 2 aromatic heterocycles. The molecule has 0 aliphatic heterocycles. The van der Waals surface area contributed by atoms with Gasteiger partial charge in [0.25, 0.3) is 5.56 Å². The molecule has 0 radical (unpaired) electrons. The molecule has 0 saturated heterocycles. The first-order valence-electron chi connectivity index (χ1n) is 8.77. The van der Waals surface area contributed by atoms with E-state index in [0.29, 0.717) is 18.5 Å². The van der Waals surface area contributed by atoms with Crippen LogP contribution in [0.5, 0.6) is 0 Å². The number of hydrogen-bond acceptors (Lipinski definition) is 6. The Morgan fingerprint density at radius 3 is 2.92 bits per heavy atom. The highest BCUT2D eigenvalue weighted by atomic mass is 32.2. The molecule has 2 heterocycles. The fourth-order valence-electron chi connectivity index (χ4n) is 2.70. The van der Waals surface area contributed by atoms with E-state index in [9.17, 15) is 4.79 Å². The van der Waals surface area contributed by atoms with E-state index in [1.54, 1.807) is 34.8 Å². The van der Waals surface area contributed by atoms with Crippen LogP contribution in [0.1, 0.15) is 30.5 Å². The van der Waals surface area contributed by atoms with Crippen LogP contribution in [0.15, 0.2) is 39.6 Å². The Balaban J connectivity index is 1.86. The summed E-state index contributed by atoms with van der Waals surface area (Å²) in [5.41, 5.74) is 1.81. The van der Waals surface area contributed by atoms with Crippen molar-refractivity contribution in [3.05, 3.63) is 50.7 Å². The largest absolute Gasteiger partial charge is 0.385 e. The summed E-state index contributed by atoms with van der Waals surface area (Å²) in [5.74, 6) is 0.718. The molecule has 3 aromatic rings. The molecule has 0 atom stereocenters. The number of rotatable bonds is 9. The van der Waals surface area contributed by atoms with Crippen LogP contribution in [0.2, 0.25) is 0 Å². The Morgan fingerprint density at radius 1 is 1.27 bits per heavy atom. The number of thiazole rings is 1. The average molecular weight is 390 g/mol. The number of ether oxygens (including phenoxy) is 1. The lowest BCUT2D eigenvalue weighted by atomic mass is 10.2. The summed E-state index contributed by atoms with van der Waals surface area (Å²) in [5, 5.41) is 4.68. The normalized spacial score (nSPS) is 11.3. The van der Waals surface area contributed by atoms with Crippen LogP contribution in [0.25, 0.3) is 10.9 Å². The number of aryl methyl sites for hydroxylation is 1. The highest BCUT2D eigenvalue weighted by Crippen LogP contribution is 2.23. The van der Waals surface area contributed by atoms with Crippen molar-refractivity contribution in [1.29, 1.82) is 0 Å². The Hall–Kier alpha value is -1.70. The molecule has 0 N–H and O–H groups in total. The quantitative estimate of drug-likeness (QED) is 0.313. The summed E-state index contributed by atoms with van der Waals surface area (Å²) in [6, 6.07) is 7.52. The molecule has 5 nitrogen and oxygen atoms in total. The number of nitrogens with zero attached hydrogens (tertiary/aromatic N) is 3. The van der Waals surface area contributed by atoms with Gasteiger partial charge in [-0.3, -0.25) is 9.36 Å². The van der Waals surface area contributed by atoms with Crippen LogP contribution < -0.4 is 5.56 Å². The molecule has 3 rings (SSSR count). The van der Waals surface area contributed by atoms with Crippen LogP contribution >= 0.6 is 23.1 Å².